The Kier molecular flexibility index (Phi) is 5.61. The van der Waals surface area contributed by atoms with E-state index in [1.54, 1.807) is 39.0 Å². The van der Waals surface area contributed by atoms with E-state index in [-0.39, 0.29) is 12.6 Å². The quantitative estimate of drug-likeness (QED) is 0.896. The van der Waals surface area contributed by atoms with Crippen molar-refractivity contribution < 1.29 is 14.7 Å². The Bertz CT molecular complexity index is 526. The second-order valence-electron chi connectivity index (χ2n) is 5.88. The summed E-state index contributed by atoms with van der Waals surface area (Å²) in [5.74, 6) is -1.05. The molecular formula is C15H21ClN2O3. The van der Waals surface area contributed by atoms with Gasteiger partial charge in [-0.25, -0.2) is 4.79 Å². The molecule has 1 aromatic rings. The van der Waals surface area contributed by atoms with Crippen molar-refractivity contribution in [1.82, 2.24) is 10.2 Å². The zero-order valence-corrected chi connectivity index (χ0v) is 13.4. The predicted molar refractivity (Wildman–Crippen MR) is 82.5 cm³/mol. The maximum atomic E-state index is 12.3. The SMILES string of the molecule is CC(NC(=O)N(CC(=O)O)C(C)(C)C)c1cccc(Cl)c1. The van der Waals surface area contributed by atoms with Gasteiger partial charge in [-0.15, -0.1) is 0 Å². The molecule has 5 nitrogen and oxygen atoms in total. The number of nitrogens with one attached hydrogen (secondary N) is 1. The average Bonchev–Trinajstić information content (AvgIpc) is 2.34. The van der Waals surface area contributed by atoms with Crippen LogP contribution in [0.3, 0.4) is 0 Å². The Hall–Kier alpha value is -1.75. The number of amides is 2. The number of hydrogen-bond acceptors (Lipinski definition) is 2. The lowest BCUT2D eigenvalue weighted by Gasteiger charge is -2.35. The standard InChI is InChI=1S/C15H21ClN2O3/c1-10(11-6-5-7-12(16)8-11)17-14(21)18(9-13(19)20)15(2,3)4/h5-8,10H,9H2,1-4H3,(H,17,21)(H,19,20). The van der Waals surface area contributed by atoms with Gasteiger partial charge in [-0.05, 0) is 45.4 Å². The van der Waals surface area contributed by atoms with Crippen LogP contribution in [0, 0.1) is 0 Å². The number of halogens is 1. The average molecular weight is 313 g/mol. The molecule has 2 N–H and O–H groups in total. The van der Waals surface area contributed by atoms with Crippen LogP contribution in [0.2, 0.25) is 5.02 Å². The fraction of sp³-hybridized carbons (Fsp3) is 0.467. The molecule has 0 saturated carbocycles. The van der Waals surface area contributed by atoms with E-state index in [0.29, 0.717) is 5.02 Å². The first-order valence-electron chi connectivity index (χ1n) is 6.66. The number of hydrogen-bond donors (Lipinski definition) is 2. The van der Waals surface area contributed by atoms with Gasteiger partial charge in [0.25, 0.3) is 0 Å². The highest BCUT2D eigenvalue weighted by atomic mass is 35.5. The minimum Gasteiger partial charge on any atom is -0.480 e. The van der Waals surface area contributed by atoms with Crippen LogP contribution < -0.4 is 5.32 Å². The zero-order chi connectivity index (χ0) is 16.2. The van der Waals surface area contributed by atoms with Crippen LogP contribution in [0.15, 0.2) is 24.3 Å². The Morgan fingerprint density at radius 1 is 1.38 bits per heavy atom. The van der Waals surface area contributed by atoms with Crippen molar-refractivity contribution in [3.63, 3.8) is 0 Å². The Morgan fingerprint density at radius 2 is 2.00 bits per heavy atom. The summed E-state index contributed by atoms with van der Waals surface area (Å²) < 4.78 is 0. The molecule has 0 aliphatic heterocycles. The summed E-state index contributed by atoms with van der Waals surface area (Å²) in [6, 6.07) is 6.50. The monoisotopic (exact) mass is 312 g/mol. The van der Waals surface area contributed by atoms with E-state index in [4.69, 9.17) is 16.7 Å². The lowest BCUT2D eigenvalue weighted by atomic mass is 10.1. The number of carboxylic acids is 1. The molecule has 1 unspecified atom stereocenters. The number of carbonyl (C=O) groups excluding carboxylic acids is 1. The molecule has 6 heteroatoms. The van der Waals surface area contributed by atoms with E-state index in [2.05, 4.69) is 5.32 Å². The molecule has 0 fully saturated rings. The maximum absolute atomic E-state index is 12.3. The molecule has 0 saturated heterocycles. The van der Waals surface area contributed by atoms with Crippen LogP contribution in [0.4, 0.5) is 4.79 Å². The highest BCUT2D eigenvalue weighted by molar-refractivity contribution is 6.30. The van der Waals surface area contributed by atoms with E-state index in [1.807, 2.05) is 13.0 Å². The van der Waals surface area contributed by atoms with Gasteiger partial charge in [0.05, 0.1) is 6.04 Å². The van der Waals surface area contributed by atoms with Crippen molar-refractivity contribution in [2.24, 2.45) is 0 Å². The van der Waals surface area contributed by atoms with Crippen LogP contribution in [0.5, 0.6) is 0 Å². The predicted octanol–water partition coefficient (Wildman–Crippen LogP) is 3.30. The number of nitrogens with zero attached hydrogens (tertiary/aromatic N) is 1. The summed E-state index contributed by atoms with van der Waals surface area (Å²) in [7, 11) is 0. The summed E-state index contributed by atoms with van der Waals surface area (Å²) in [4.78, 5) is 24.5. The van der Waals surface area contributed by atoms with Crippen LogP contribution in [0.1, 0.15) is 39.3 Å². The summed E-state index contributed by atoms with van der Waals surface area (Å²) in [6.45, 7) is 6.85. The first kappa shape index (κ1) is 17.3. The van der Waals surface area contributed by atoms with Crippen molar-refractivity contribution in [1.29, 1.82) is 0 Å². The molecule has 0 radical (unpaired) electrons. The fourth-order valence-electron chi connectivity index (χ4n) is 1.87. The second kappa shape index (κ2) is 6.80. The summed E-state index contributed by atoms with van der Waals surface area (Å²) in [5, 5.41) is 12.3. The molecule has 0 aliphatic carbocycles. The maximum Gasteiger partial charge on any atom is 0.323 e. The molecule has 0 aromatic heterocycles. The topological polar surface area (TPSA) is 69.6 Å². The summed E-state index contributed by atoms with van der Waals surface area (Å²) >= 11 is 5.93. The summed E-state index contributed by atoms with van der Waals surface area (Å²) in [5.41, 5.74) is 0.274. The Balaban J connectivity index is 2.84. The van der Waals surface area contributed by atoms with Crippen LogP contribution in [0.25, 0.3) is 0 Å². The van der Waals surface area contributed by atoms with Crippen molar-refractivity contribution >= 4 is 23.6 Å². The van der Waals surface area contributed by atoms with Gasteiger partial charge in [0.15, 0.2) is 0 Å². The van der Waals surface area contributed by atoms with Crippen LogP contribution >= 0.6 is 11.6 Å². The lowest BCUT2D eigenvalue weighted by molar-refractivity contribution is -0.138. The number of carboxylic acid groups (broad SMARTS) is 1. The van der Waals surface area contributed by atoms with Crippen LogP contribution in [-0.4, -0.2) is 34.1 Å². The molecule has 21 heavy (non-hydrogen) atoms. The molecule has 0 aliphatic rings. The first-order valence-corrected chi connectivity index (χ1v) is 7.04. The molecule has 116 valence electrons. The second-order valence-corrected chi connectivity index (χ2v) is 6.31. The number of carbonyl (C=O) groups is 2. The van der Waals surface area contributed by atoms with Gasteiger partial charge in [0.1, 0.15) is 6.54 Å². The van der Waals surface area contributed by atoms with Gasteiger partial charge in [-0.3, -0.25) is 4.79 Å². The van der Waals surface area contributed by atoms with E-state index in [9.17, 15) is 9.59 Å². The van der Waals surface area contributed by atoms with E-state index in [1.165, 1.54) is 4.90 Å². The number of aliphatic carboxylic acids is 1. The van der Waals surface area contributed by atoms with Gasteiger partial charge < -0.3 is 15.3 Å². The highest BCUT2D eigenvalue weighted by Gasteiger charge is 2.29. The molecule has 0 bridgehead atoms. The molecule has 0 spiro atoms. The largest absolute Gasteiger partial charge is 0.480 e. The van der Waals surface area contributed by atoms with Crippen molar-refractivity contribution in [2.75, 3.05) is 6.54 Å². The first-order chi connectivity index (χ1) is 9.61. The third kappa shape index (κ3) is 5.27. The minimum atomic E-state index is -1.05. The van der Waals surface area contributed by atoms with Gasteiger partial charge in [0.2, 0.25) is 0 Å². The zero-order valence-electron chi connectivity index (χ0n) is 12.7. The minimum absolute atomic E-state index is 0.269. The third-order valence-corrected chi connectivity index (χ3v) is 3.27. The van der Waals surface area contributed by atoms with Gasteiger partial charge in [-0.1, -0.05) is 23.7 Å². The Morgan fingerprint density at radius 3 is 2.48 bits per heavy atom. The van der Waals surface area contributed by atoms with Crippen molar-refractivity contribution in [3.8, 4) is 0 Å². The lowest BCUT2D eigenvalue weighted by Crippen LogP contribution is -2.52. The van der Waals surface area contributed by atoms with Crippen LogP contribution in [-0.2, 0) is 4.79 Å². The molecule has 1 atom stereocenters. The number of urea groups is 1. The van der Waals surface area contributed by atoms with Crippen molar-refractivity contribution in [2.45, 2.75) is 39.3 Å². The van der Waals surface area contributed by atoms with Gasteiger partial charge >= 0.3 is 12.0 Å². The van der Waals surface area contributed by atoms with E-state index in [0.717, 1.165) is 5.56 Å². The van der Waals surface area contributed by atoms with E-state index < -0.39 is 17.5 Å². The Labute approximate surface area is 129 Å². The number of rotatable bonds is 4. The smallest absolute Gasteiger partial charge is 0.323 e. The number of benzene rings is 1. The van der Waals surface area contributed by atoms with Gasteiger partial charge in [0, 0.05) is 10.6 Å². The van der Waals surface area contributed by atoms with Crippen molar-refractivity contribution in [3.05, 3.63) is 34.9 Å². The fourth-order valence-corrected chi connectivity index (χ4v) is 2.07. The molecule has 1 aromatic carbocycles. The summed E-state index contributed by atoms with van der Waals surface area (Å²) in [6.07, 6.45) is 0. The molecule has 2 amide bonds. The van der Waals surface area contributed by atoms with E-state index >= 15 is 0 Å². The van der Waals surface area contributed by atoms with Gasteiger partial charge in [-0.2, -0.15) is 0 Å². The molecule has 1 rings (SSSR count). The highest BCUT2D eigenvalue weighted by Crippen LogP contribution is 2.19. The normalized spacial score (nSPS) is 12.6. The molecular weight excluding hydrogens is 292 g/mol. The third-order valence-electron chi connectivity index (χ3n) is 3.04. The molecule has 0 heterocycles.